The van der Waals surface area contributed by atoms with Crippen LogP contribution < -0.4 is 10.6 Å². The van der Waals surface area contributed by atoms with Gasteiger partial charge < -0.3 is 20.0 Å². The molecule has 1 heterocycles. The molecule has 182 valence electrons. The van der Waals surface area contributed by atoms with Crippen molar-refractivity contribution < 1.29 is 9.18 Å². The molecule has 0 aliphatic heterocycles. The van der Waals surface area contributed by atoms with E-state index in [-0.39, 0.29) is 5.82 Å². The van der Waals surface area contributed by atoms with Crippen molar-refractivity contribution in [2.45, 2.75) is 53.6 Å². The Labute approximate surface area is 199 Å². The zero-order valence-corrected chi connectivity index (χ0v) is 21.5. The molecule has 0 amide bonds. The molecule has 1 aromatic heterocycles. The van der Waals surface area contributed by atoms with Crippen molar-refractivity contribution in [2.24, 2.45) is 0 Å². The summed E-state index contributed by atoms with van der Waals surface area (Å²) in [6.45, 7) is 13.0. The molecule has 3 rings (SSSR count). The zero-order valence-electron chi connectivity index (χ0n) is 21.5. The Hall–Kier alpha value is -3.01. The summed E-state index contributed by atoms with van der Waals surface area (Å²) in [5, 5.41) is 15.8. The SMILES string of the molecule is C=O.CC.CCC(C)NC.CNC.Cc1cc2cc(C#N)ccc2n1Cc1cccc(F)c1. The fourth-order valence-electron chi connectivity index (χ4n) is 2.71. The highest BCUT2D eigenvalue weighted by Gasteiger charge is 2.07. The average Bonchev–Trinajstić information content (AvgIpc) is 3.16. The van der Waals surface area contributed by atoms with Gasteiger partial charge in [0.15, 0.2) is 0 Å². The number of hydrogen-bond donors (Lipinski definition) is 2. The molecule has 2 N–H and O–H groups in total. The van der Waals surface area contributed by atoms with E-state index in [1.807, 2.05) is 73.0 Å². The quantitative estimate of drug-likeness (QED) is 0.529. The third-order valence-electron chi connectivity index (χ3n) is 4.57. The van der Waals surface area contributed by atoms with E-state index < -0.39 is 0 Å². The van der Waals surface area contributed by atoms with Gasteiger partial charge in [-0.3, -0.25) is 0 Å². The average molecular weight is 457 g/mol. The van der Waals surface area contributed by atoms with Gasteiger partial charge in [-0.1, -0.05) is 32.9 Å². The van der Waals surface area contributed by atoms with Gasteiger partial charge in [-0.25, -0.2) is 4.39 Å². The molecule has 2 aromatic carbocycles. The smallest absolute Gasteiger partial charge is 0.123 e. The van der Waals surface area contributed by atoms with E-state index in [0.29, 0.717) is 18.2 Å². The summed E-state index contributed by atoms with van der Waals surface area (Å²) in [5.41, 5.74) is 3.74. The molecule has 1 atom stereocenters. The first-order valence-electron chi connectivity index (χ1n) is 11.2. The highest BCUT2D eigenvalue weighted by atomic mass is 19.1. The lowest BCUT2D eigenvalue weighted by molar-refractivity contribution is -0.0979. The molecule has 3 aromatic rings. The molecule has 0 saturated heterocycles. The summed E-state index contributed by atoms with van der Waals surface area (Å²) >= 11 is 0. The molecule has 0 bridgehead atoms. The summed E-state index contributed by atoms with van der Waals surface area (Å²) < 4.78 is 15.4. The van der Waals surface area contributed by atoms with Gasteiger partial charge in [0.05, 0.1) is 11.6 Å². The first-order chi connectivity index (χ1) is 15.9. The molecule has 0 aliphatic rings. The number of halogens is 1. The molecular formula is C27H41FN4O. The van der Waals surface area contributed by atoms with E-state index in [2.05, 4.69) is 41.2 Å². The minimum Gasteiger partial charge on any atom is -0.340 e. The van der Waals surface area contributed by atoms with E-state index in [0.717, 1.165) is 22.2 Å². The Kier molecular flexibility index (Phi) is 19.2. The first kappa shape index (κ1) is 32.2. The summed E-state index contributed by atoms with van der Waals surface area (Å²) in [6, 6.07) is 17.2. The van der Waals surface area contributed by atoms with E-state index in [4.69, 9.17) is 10.1 Å². The Bertz CT molecular complexity index is 943. The summed E-state index contributed by atoms with van der Waals surface area (Å²) in [7, 11) is 5.73. The zero-order chi connectivity index (χ0) is 25.8. The minimum atomic E-state index is -0.219. The number of nitrogens with zero attached hydrogens (tertiary/aromatic N) is 2. The van der Waals surface area contributed by atoms with Gasteiger partial charge in [-0.05, 0) is 83.4 Å². The van der Waals surface area contributed by atoms with Gasteiger partial charge in [0.1, 0.15) is 12.6 Å². The fourth-order valence-corrected chi connectivity index (χ4v) is 2.71. The lowest BCUT2D eigenvalue weighted by atomic mass is 10.1. The number of carbonyl (C=O) groups excluding carboxylic acids is 1. The minimum absolute atomic E-state index is 0.219. The number of nitriles is 1. The van der Waals surface area contributed by atoms with Crippen LogP contribution in [0.5, 0.6) is 0 Å². The topological polar surface area (TPSA) is 69.8 Å². The monoisotopic (exact) mass is 456 g/mol. The molecule has 0 aliphatic carbocycles. The molecule has 1 unspecified atom stereocenters. The lowest BCUT2D eigenvalue weighted by Gasteiger charge is -2.08. The number of hydrogen-bond acceptors (Lipinski definition) is 4. The second-order valence-corrected chi connectivity index (χ2v) is 6.99. The van der Waals surface area contributed by atoms with Crippen LogP contribution in [0.25, 0.3) is 10.9 Å². The van der Waals surface area contributed by atoms with E-state index in [1.54, 1.807) is 12.1 Å². The van der Waals surface area contributed by atoms with Crippen molar-refractivity contribution >= 4 is 17.7 Å². The van der Waals surface area contributed by atoms with Crippen LogP contribution in [-0.4, -0.2) is 38.5 Å². The molecule has 0 fully saturated rings. The molecule has 0 spiro atoms. The van der Waals surface area contributed by atoms with Gasteiger partial charge in [0.2, 0.25) is 0 Å². The van der Waals surface area contributed by atoms with Crippen LogP contribution in [0, 0.1) is 24.1 Å². The van der Waals surface area contributed by atoms with Gasteiger partial charge in [-0.15, -0.1) is 0 Å². The van der Waals surface area contributed by atoms with Crippen LogP contribution >= 0.6 is 0 Å². The Morgan fingerprint density at radius 1 is 1.09 bits per heavy atom. The van der Waals surface area contributed by atoms with E-state index >= 15 is 0 Å². The third-order valence-corrected chi connectivity index (χ3v) is 4.57. The van der Waals surface area contributed by atoms with Crippen molar-refractivity contribution in [2.75, 3.05) is 21.1 Å². The molecule has 33 heavy (non-hydrogen) atoms. The highest BCUT2D eigenvalue weighted by Crippen LogP contribution is 2.22. The number of fused-ring (bicyclic) bond motifs is 1. The van der Waals surface area contributed by atoms with Crippen LogP contribution in [0.2, 0.25) is 0 Å². The van der Waals surface area contributed by atoms with Crippen molar-refractivity contribution in [3.05, 3.63) is 71.2 Å². The number of benzene rings is 2. The Morgan fingerprint density at radius 2 is 1.70 bits per heavy atom. The fraction of sp³-hybridized carbons (Fsp3) is 0.407. The van der Waals surface area contributed by atoms with E-state index in [1.165, 1.54) is 12.5 Å². The number of aryl methyl sites for hydroxylation is 1. The normalized spacial score (nSPS) is 9.94. The summed E-state index contributed by atoms with van der Waals surface area (Å²) in [6.07, 6.45) is 1.22. The highest BCUT2D eigenvalue weighted by molar-refractivity contribution is 5.82. The largest absolute Gasteiger partial charge is 0.340 e. The van der Waals surface area contributed by atoms with Crippen molar-refractivity contribution in [1.29, 1.82) is 5.26 Å². The maximum absolute atomic E-state index is 13.3. The van der Waals surface area contributed by atoms with E-state index in [9.17, 15) is 4.39 Å². The van der Waals surface area contributed by atoms with Crippen molar-refractivity contribution in [1.82, 2.24) is 15.2 Å². The van der Waals surface area contributed by atoms with Crippen LogP contribution in [0.1, 0.15) is 50.9 Å². The van der Waals surface area contributed by atoms with Crippen LogP contribution in [-0.2, 0) is 11.3 Å². The Balaban J connectivity index is 0. The van der Waals surface area contributed by atoms with Crippen LogP contribution in [0.4, 0.5) is 4.39 Å². The molecule has 0 saturated carbocycles. The molecule has 0 radical (unpaired) electrons. The standard InChI is InChI=1S/C17H13FN2.C5H13N.C2H7N.C2H6.CH2O/c1-12-7-15-8-13(10-19)5-6-17(15)20(12)11-14-3-2-4-16(18)9-14;1-4-5(2)6-3;1-3-2;2*1-2/h2-9H,11H2,1H3;5-6H,4H2,1-3H3;3H,1-2H3;1-2H3;1H2. The molecular weight excluding hydrogens is 415 g/mol. The van der Waals surface area contributed by atoms with Gasteiger partial charge in [-0.2, -0.15) is 5.26 Å². The van der Waals surface area contributed by atoms with Gasteiger partial charge in [0, 0.05) is 29.2 Å². The maximum atomic E-state index is 13.3. The number of aromatic nitrogens is 1. The van der Waals surface area contributed by atoms with Crippen molar-refractivity contribution in [3.63, 3.8) is 0 Å². The number of carbonyl (C=O) groups is 1. The van der Waals surface area contributed by atoms with Crippen molar-refractivity contribution in [3.8, 4) is 6.07 Å². The first-order valence-corrected chi connectivity index (χ1v) is 11.2. The second-order valence-electron chi connectivity index (χ2n) is 6.99. The number of nitrogens with one attached hydrogen (secondary N) is 2. The van der Waals surface area contributed by atoms with Crippen LogP contribution in [0.3, 0.4) is 0 Å². The van der Waals surface area contributed by atoms with Crippen LogP contribution in [0.15, 0.2) is 48.5 Å². The predicted molar refractivity (Wildman–Crippen MR) is 139 cm³/mol. The number of rotatable bonds is 4. The summed E-state index contributed by atoms with van der Waals surface area (Å²) in [4.78, 5) is 8.00. The van der Waals surface area contributed by atoms with Gasteiger partial charge >= 0.3 is 0 Å². The molecule has 5 nitrogen and oxygen atoms in total. The van der Waals surface area contributed by atoms with Gasteiger partial charge in [0.25, 0.3) is 0 Å². The lowest BCUT2D eigenvalue weighted by Crippen LogP contribution is -2.19. The third kappa shape index (κ3) is 12.0. The predicted octanol–water partition coefficient (Wildman–Crippen LogP) is 5.69. The summed E-state index contributed by atoms with van der Waals surface area (Å²) in [5.74, 6) is -0.219. The molecule has 6 heteroatoms. The second kappa shape index (κ2) is 19.7. The maximum Gasteiger partial charge on any atom is 0.123 e. The Morgan fingerprint density at radius 3 is 2.15 bits per heavy atom.